The van der Waals surface area contributed by atoms with Crippen LogP contribution in [0, 0.1) is 6.92 Å². The van der Waals surface area contributed by atoms with Gasteiger partial charge in [0.2, 0.25) is 5.69 Å². The van der Waals surface area contributed by atoms with Gasteiger partial charge in [-0.05, 0) is 13.0 Å². The zero-order valence-electron chi connectivity index (χ0n) is 6.59. The molecule has 0 atom stereocenters. The monoisotopic (exact) mass is 162 g/mol. The van der Waals surface area contributed by atoms with E-state index in [4.69, 9.17) is 5.11 Å². The van der Waals surface area contributed by atoms with E-state index in [9.17, 15) is 4.79 Å². The Morgan fingerprint density at radius 1 is 1.42 bits per heavy atom. The molecule has 0 saturated carbocycles. The molecule has 2 rings (SSSR count). The Morgan fingerprint density at radius 3 is 2.83 bits per heavy atom. The molecule has 0 aromatic heterocycles. The van der Waals surface area contributed by atoms with Crippen LogP contribution in [-0.2, 0) is 0 Å². The molecule has 1 aromatic rings. The molecule has 1 aromatic carbocycles. The molecule has 0 fully saturated rings. The van der Waals surface area contributed by atoms with Crippen LogP contribution < -0.4 is 4.99 Å². The maximum atomic E-state index is 11.2. The number of fused-ring (bicyclic) bond motifs is 1. The van der Waals surface area contributed by atoms with Crippen molar-refractivity contribution < 1.29 is 14.9 Å². The summed E-state index contributed by atoms with van der Waals surface area (Å²) in [5.41, 5.74) is 2.23. The van der Waals surface area contributed by atoms with Crippen molar-refractivity contribution in [1.29, 1.82) is 0 Å². The summed E-state index contributed by atoms with van der Waals surface area (Å²) in [7, 11) is 0. The van der Waals surface area contributed by atoms with Crippen LogP contribution in [0.3, 0.4) is 0 Å². The van der Waals surface area contributed by atoms with E-state index in [2.05, 4.69) is 4.99 Å². The molecule has 0 spiro atoms. The largest absolute Gasteiger partial charge is 0.457 e. The van der Waals surface area contributed by atoms with Crippen LogP contribution in [0.2, 0.25) is 0 Å². The molecule has 1 aliphatic rings. The molecule has 12 heavy (non-hydrogen) atoms. The molecule has 0 radical (unpaired) electrons. The number of carbonyl (C=O) groups is 1. The quantitative estimate of drug-likeness (QED) is 0.558. The number of para-hydroxylation sites is 1. The summed E-state index contributed by atoms with van der Waals surface area (Å²) in [6.45, 7) is 1.89. The number of benzene rings is 1. The van der Waals surface area contributed by atoms with E-state index in [1.165, 1.54) is 0 Å². The average molecular weight is 162 g/mol. The van der Waals surface area contributed by atoms with Gasteiger partial charge in [-0.15, -0.1) is 0 Å². The molecular weight excluding hydrogens is 154 g/mol. The normalized spacial score (nSPS) is 14.4. The van der Waals surface area contributed by atoms with Gasteiger partial charge in [-0.1, -0.05) is 12.1 Å². The Labute approximate surface area is 69.4 Å². The van der Waals surface area contributed by atoms with Crippen molar-refractivity contribution >= 4 is 17.4 Å². The third-order valence-corrected chi connectivity index (χ3v) is 1.98. The third-order valence-electron chi connectivity index (χ3n) is 1.98. The van der Waals surface area contributed by atoms with Gasteiger partial charge in [-0.25, -0.2) is 0 Å². The second kappa shape index (κ2) is 2.17. The smallest absolute Gasteiger partial charge is 0.414 e. The van der Waals surface area contributed by atoms with E-state index in [-0.39, 0.29) is 11.7 Å². The van der Waals surface area contributed by atoms with Crippen molar-refractivity contribution in [3.63, 3.8) is 0 Å². The summed E-state index contributed by atoms with van der Waals surface area (Å²) in [5.74, 6) is -0.604. The summed E-state index contributed by atoms with van der Waals surface area (Å²) < 4.78 is 0. The molecule has 1 heterocycles. The van der Waals surface area contributed by atoms with E-state index in [0.29, 0.717) is 5.56 Å². The first-order chi connectivity index (χ1) is 5.70. The zero-order chi connectivity index (χ0) is 8.72. The second-order valence-electron chi connectivity index (χ2n) is 2.80. The van der Waals surface area contributed by atoms with Crippen LogP contribution in [0.25, 0.3) is 0 Å². The van der Waals surface area contributed by atoms with Crippen LogP contribution in [0.4, 0.5) is 5.69 Å². The lowest BCUT2D eigenvalue weighted by Crippen LogP contribution is -2.65. The standard InChI is InChI=1S/C9H7NO2/c1-5-3-2-4-6-7(5)10-9(12)8(6)11/h2-4H,1H3,(H,10,11,12)/p+1. The SMILES string of the molecule is Cc1cccc2c1[NH+]=C(O)C2=O. The Morgan fingerprint density at radius 2 is 2.17 bits per heavy atom. The summed E-state index contributed by atoms with van der Waals surface area (Å²) in [4.78, 5) is 13.8. The summed E-state index contributed by atoms with van der Waals surface area (Å²) in [6, 6.07) is 5.38. The van der Waals surface area contributed by atoms with Gasteiger partial charge in [0.15, 0.2) is 0 Å². The van der Waals surface area contributed by atoms with Gasteiger partial charge in [0.25, 0.3) is 0 Å². The Balaban J connectivity index is 2.72. The predicted molar refractivity (Wildman–Crippen MR) is 43.8 cm³/mol. The molecule has 0 amide bonds. The fourth-order valence-electron chi connectivity index (χ4n) is 1.33. The number of carbonyl (C=O) groups excluding carboxylic acids is 1. The Hall–Kier alpha value is -1.64. The van der Waals surface area contributed by atoms with E-state index >= 15 is 0 Å². The average Bonchev–Trinajstić information content (AvgIpc) is 2.32. The molecule has 1 aliphatic heterocycles. The van der Waals surface area contributed by atoms with Gasteiger partial charge < -0.3 is 5.11 Å². The number of Topliss-reactive ketones (excluding diaryl/α,β-unsaturated/α-hetero) is 1. The van der Waals surface area contributed by atoms with Crippen LogP contribution in [0.1, 0.15) is 15.9 Å². The van der Waals surface area contributed by atoms with Crippen LogP contribution in [0.15, 0.2) is 18.2 Å². The number of nitrogens with one attached hydrogen (secondary N) is 1. The molecular formula is C9H8NO2+. The van der Waals surface area contributed by atoms with E-state index in [1.54, 1.807) is 12.1 Å². The highest BCUT2D eigenvalue weighted by Crippen LogP contribution is 2.17. The summed E-state index contributed by atoms with van der Waals surface area (Å²) in [5, 5.41) is 9.10. The van der Waals surface area contributed by atoms with Gasteiger partial charge >= 0.3 is 11.7 Å². The van der Waals surface area contributed by atoms with Gasteiger partial charge in [0, 0.05) is 5.56 Å². The molecule has 0 unspecified atom stereocenters. The van der Waals surface area contributed by atoms with Crippen molar-refractivity contribution in [3.8, 4) is 0 Å². The Bertz CT molecular complexity index is 394. The lowest BCUT2D eigenvalue weighted by Gasteiger charge is -1.91. The minimum Gasteiger partial charge on any atom is -0.457 e. The fraction of sp³-hybridized carbons (Fsp3) is 0.111. The highest BCUT2D eigenvalue weighted by atomic mass is 16.3. The first-order valence-electron chi connectivity index (χ1n) is 3.67. The van der Waals surface area contributed by atoms with Gasteiger partial charge in [-0.2, -0.15) is 4.99 Å². The van der Waals surface area contributed by atoms with Crippen LogP contribution >= 0.6 is 0 Å². The van der Waals surface area contributed by atoms with Crippen molar-refractivity contribution in [1.82, 2.24) is 0 Å². The van der Waals surface area contributed by atoms with E-state index < -0.39 is 0 Å². The first kappa shape index (κ1) is 7.03. The van der Waals surface area contributed by atoms with E-state index in [0.717, 1.165) is 11.3 Å². The summed E-state index contributed by atoms with van der Waals surface area (Å²) in [6.07, 6.45) is 0. The molecule has 0 saturated heterocycles. The predicted octanol–water partition coefficient (Wildman–Crippen LogP) is -0.140. The lowest BCUT2D eigenvalue weighted by molar-refractivity contribution is -0.360. The molecule has 3 nitrogen and oxygen atoms in total. The lowest BCUT2D eigenvalue weighted by atomic mass is 10.1. The topological polar surface area (TPSA) is 51.3 Å². The number of aliphatic hydroxyl groups is 1. The number of aryl methyl sites for hydroxylation is 1. The second-order valence-corrected chi connectivity index (χ2v) is 2.80. The number of aliphatic hydroxyl groups excluding tert-OH is 1. The maximum absolute atomic E-state index is 11.2. The Kier molecular flexibility index (Phi) is 1.27. The minimum absolute atomic E-state index is 0.278. The van der Waals surface area contributed by atoms with Gasteiger partial charge in [0.1, 0.15) is 5.56 Å². The third kappa shape index (κ3) is 0.763. The number of hydrogen-bond acceptors (Lipinski definition) is 1. The van der Waals surface area contributed by atoms with Crippen LogP contribution in [-0.4, -0.2) is 16.8 Å². The molecule has 60 valence electrons. The molecule has 3 heteroatoms. The van der Waals surface area contributed by atoms with Crippen LogP contribution in [0.5, 0.6) is 0 Å². The number of rotatable bonds is 0. The maximum Gasteiger partial charge on any atom is 0.414 e. The molecule has 0 bridgehead atoms. The van der Waals surface area contributed by atoms with Crippen molar-refractivity contribution in [2.45, 2.75) is 6.92 Å². The highest BCUT2D eigenvalue weighted by molar-refractivity contribution is 6.42. The van der Waals surface area contributed by atoms with Crippen molar-refractivity contribution in [3.05, 3.63) is 29.3 Å². The molecule has 0 aliphatic carbocycles. The number of ketones is 1. The summed E-state index contributed by atoms with van der Waals surface area (Å²) >= 11 is 0. The van der Waals surface area contributed by atoms with Crippen molar-refractivity contribution in [2.75, 3.05) is 0 Å². The zero-order valence-corrected chi connectivity index (χ0v) is 6.59. The first-order valence-corrected chi connectivity index (χ1v) is 3.67. The van der Waals surface area contributed by atoms with Crippen molar-refractivity contribution in [2.24, 2.45) is 0 Å². The number of hydrogen-bond donors (Lipinski definition) is 2. The minimum atomic E-state index is -0.325. The molecule has 2 N–H and O–H groups in total. The van der Waals surface area contributed by atoms with E-state index in [1.807, 2.05) is 13.0 Å². The fourth-order valence-corrected chi connectivity index (χ4v) is 1.33. The van der Waals surface area contributed by atoms with Gasteiger partial charge in [-0.3, -0.25) is 4.79 Å². The highest BCUT2D eigenvalue weighted by Gasteiger charge is 2.32. The van der Waals surface area contributed by atoms with Gasteiger partial charge in [0.05, 0.1) is 0 Å².